The largest absolute Gasteiger partial charge is 0.481 e. The van der Waals surface area contributed by atoms with E-state index < -0.39 is 24.0 Å². The number of ether oxygens (including phenoxy) is 1. The van der Waals surface area contributed by atoms with Crippen molar-refractivity contribution in [1.29, 1.82) is 0 Å². The zero-order chi connectivity index (χ0) is 21.2. The van der Waals surface area contributed by atoms with E-state index in [0.29, 0.717) is 12.3 Å². The van der Waals surface area contributed by atoms with Crippen molar-refractivity contribution in [2.24, 2.45) is 17.8 Å². The number of carbonyl (C=O) groups excluding carboxylic acids is 2. The van der Waals surface area contributed by atoms with Gasteiger partial charge in [0.05, 0.1) is 12.0 Å². The molecule has 1 amide bonds. The van der Waals surface area contributed by atoms with Crippen molar-refractivity contribution in [1.82, 2.24) is 5.32 Å². The summed E-state index contributed by atoms with van der Waals surface area (Å²) < 4.78 is 5.21. The molecule has 1 aromatic rings. The second-order valence-electron chi connectivity index (χ2n) is 8.37. The van der Waals surface area contributed by atoms with Crippen LogP contribution in [0.5, 0.6) is 0 Å². The molecular weight excluding hydrogens is 370 g/mol. The highest BCUT2D eigenvalue weighted by molar-refractivity contribution is 5.90. The SMILES string of the molecule is CC(C)[C@H](NC(=O)OCc1ccccc1)C(=O)C[C@@H](CC1CCCCC1)C(=O)O. The van der Waals surface area contributed by atoms with Gasteiger partial charge < -0.3 is 15.2 Å². The zero-order valence-corrected chi connectivity index (χ0v) is 17.4. The van der Waals surface area contributed by atoms with Gasteiger partial charge >= 0.3 is 12.1 Å². The third-order valence-corrected chi connectivity index (χ3v) is 5.64. The summed E-state index contributed by atoms with van der Waals surface area (Å²) in [6.07, 6.45) is 5.35. The van der Waals surface area contributed by atoms with E-state index in [1.165, 1.54) is 6.42 Å². The van der Waals surface area contributed by atoms with Crippen LogP contribution >= 0.6 is 0 Å². The molecule has 6 nitrogen and oxygen atoms in total. The predicted octanol–water partition coefficient (Wildman–Crippen LogP) is 4.57. The van der Waals surface area contributed by atoms with Crippen molar-refractivity contribution < 1.29 is 24.2 Å². The molecule has 0 saturated heterocycles. The molecule has 2 rings (SSSR count). The molecule has 0 aromatic heterocycles. The third kappa shape index (κ3) is 7.87. The highest BCUT2D eigenvalue weighted by atomic mass is 16.5. The first-order chi connectivity index (χ1) is 13.9. The van der Waals surface area contributed by atoms with E-state index in [1.54, 1.807) is 0 Å². The highest BCUT2D eigenvalue weighted by Gasteiger charge is 2.31. The van der Waals surface area contributed by atoms with Crippen LogP contribution in [0.3, 0.4) is 0 Å². The first kappa shape index (κ1) is 22.9. The molecule has 160 valence electrons. The molecule has 2 N–H and O–H groups in total. The Labute approximate surface area is 173 Å². The molecule has 0 bridgehead atoms. The fourth-order valence-electron chi connectivity index (χ4n) is 3.98. The Balaban J connectivity index is 1.90. The number of carboxylic acid groups (broad SMARTS) is 1. The van der Waals surface area contributed by atoms with Crippen LogP contribution in [-0.4, -0.2) is 29.0 Å². The summed E-state index contributed by atoms with van der Waals surface area (Å²) in [5, 5.41) is 12.2. The fraction of sp³-hybridized carbons (Fsp3) is 0.609. The number of rotatable bonds is 10. The van der Waals surface area contributed by atoms with Crippen LogP contribution in [0, 0.1) is 17.8 Å². The van der Waals surface area contributed by atoms with Crippen molar-refractivity contribution in [2.75, 3.05) is 0 Å². The van der Waals surface area contributed by atoms with Gasteiger partial charge in [-0.05, 0) is 23.8 Å². The molecule has 0 unspecified atom stereocenters. The molecule has 0 aliphatic heterocycles. The molecule has 6 heteroatoms. The summed E-state index contributed by atoms with van der Waals surface area (Å²) in [4.78, 5) is 36.7. The molecule has 1 aliphatic rings. The number of hydrogen-bond donors (Lipinski definition) is 2. The molecule has 2 atom stereocenters. The Bertz CT molecular complexity index is 667. The Morgan fingerprint density at radius 3 is 2.34 bits per heavy atom. The van der Waals surface area contributed by atoms with Crippen molar-refractivity contribution in [3.63, 3.8) is 0 Å². The Morgan fingerprint density at radius 1 is 1.10 bits per heavy atom. The number of amides is 1. The topological polar surface area (TPSA) is 92.7 Å². The number of carbonyl (C=O) groups is 3. The van der Waals surface area contributed by atoms with Gasteiger partial charge in [0, 0.05) is 6.42 Å². The first-order valence-corrected chi connectivity index (χ1v) is 10.6. The summed E-state index contributed by atoms with van der Waals surface area (Å²) in [6, 6.07) is 8.53. The van der Waals surface area contributed by atoms with E-state index in [9.17, 15) is 19.5 Å². The molecule has 1 saturated carbocycles. The number of nitrogens with one attached hydrogen (secondary N) is 1. The van der Waals surface area contributed by atoms with E-state index in [2.05, 4.69) is 5.32 Å². The second kappa shape index (κ2) is 11.6. The fourth-order valence-corrected chi connectivity index (χ4v) is 3.98. The van der Waals surface area contributed by atoms with Crippen LogP contribution in [0.1, 0.15) is 64.4 Å². The standard InChI is InChI=1S/C23H33NO5/c1-16(2)21(24-23(28)29-15-18-11-7-4-8-12-18)20(25)14-19(22(26)27)13-17-9-5-3-6-10-17/h4,7-8,11-12,16-17,19,21H,3,5-6,9-10,13-15H2,1-2H3,(H,24,28)(H,26,27)/t19-,21+/m1/s1. The van der Waals surface area contributed by atoms with Crippen LogP contribution in [0.2, 0.25) is 0 Å². The van der Waals surface area contributed by atoms with E-state index in [-0.39, 0.29) is 24.7 Å². The number of benzene rings is 1. The van der Waals surface area contributed by atoms with E-state index in [0.717, 1.165) is 31.2 Å². The maximum absolute atomic E-state index is 12.8. The van der Waals surface area contributed by atoms with Crippen molar-refractivity contribution in [2.45, 2.75) is 71.4 Å². The minimum absolute atomic E-state index is 0.0619. The summed E-state index contributed by atoms with van der Waals surface area (Å²) in [5.41, 5.74) is 0.855. The van der Waals surface area contributed by atoms with Gasteiger partial charge in [-0.2, -0.15) is 0 Å². The molecular formula is C23H33NO5. The molecule has 1 aliphatic carbocycles. The lowest BCUT2D eigenvalue weighted by molar-refractivity contribution is -0.144. The Kier molecular flexibility index (Phi) is 9.16. The number of alkyl carbamates (subject to hydrolysis) is 1. The van der Waals surface area contributed by atoms with Crippen LogP contribution in [-0.2, 0) is 20.9 Å². The number of Topliss-reactive ketones (excluding diaryl/α,β-unsaturated/α-hetero) is 1. The third-order valence-electron chi connectivity index (χ3n) is 5.64. The molecule has 29 heavy (non-hydrogen) atoms. The average Bonchev–Trinajstić information content (AvgIpc) is 2.71. The van der Waals surface area contributed by atoms with E-state index in [1.807, 2.05) is 44.2 Å². The van der Waals surface area contributed by atoms with Crippen LogP contribution in [0.25, 0.3) is 0 Å². The van der Waals surface area contributed by atoms with Crippen molar-refractivity contribution in [3.05, 3.63) is 35.9 Å². The smallest absolute Gasteiger partial charge is 0.408 e. The maximum atomic E-state index is 12.8. The van der Waals surface area contributed by atoms with Crippen LogP contribution in [0.15, 0.2) is 30.3 Å². The predicted molar refractivity (Wildman–Crippen MR) is 110 cm³/mol. The number of carboxylic acids is 1. The van der Waals surface area contributed by atoms with Crippen molar-refractivity contribution >= 4 is 17.8 Å². The molecule has 0 heterocycles. The van der Waals surface area contributed by atoms with Gasteiger partial charge in [-0.3, -0.25) is 9.59 Å². The number of ketones is 1. The molecule has 1 fully saturated rings. The molecule has 0 radical (unpaired) electrons. The number of hydrogen-bond acceptors (Lipinski definition) is 4. The van der Waals surface area contributed by atoms with E-state index >= 15 is 0 Å². The average molecular weight is 404 g/mol. The maximum Gasteiger partial charge on any atom is 0.408 e. The lowest BCUT2D eigenvalue weighted by atomic mass is 9.80. The summed E-state index contributed by atoms with van der Waals surface area (Å²) in [7, 11) is 0. The quantitative estimate of drug-likeness (QED) is 0.597. The highest BCUT2D eigenvalue weighted by Crippen LogP contribution is 2.30. The summed E-state index contributed by atoms with van der Waals surface area (Å²) in [6.45, 7) is 3.78. The Morgan fingerprint density at radius 2 is 1.76 bits per heavy atom. The monoisotopic (exact) mass is 403 g/mol. The molecule has 0 spiro atoms. The first-order valence-electron chi connectivity index (χ1n) is 10.6. The molecule has 1 aromatic carbocycles. The number of aliphatic carboxylic acids is 1. The van der Waals surface area contributed by atoms with E-state index in [4.69, 9.17) is 4.74 Å². The van der Waals surface area contributed by atoms with Crippen LogP contribution < -0.4 is 5.32 Å². The second-order valence-corrected chi connectivity index (χ2v) is 8.37. The van der Waals surface area contributed by atoms with Crippen molar-refractivity contribution in [3.8, 4) is 0 Å². The minimum atomic E-state index is -0.932. The Hall–Kier alpha value is -2.37. The van der Waals surface area contributed by atoms with Gasteiger partial charge in [0.2, 0.25) is 0 Å². The zero-order valence-electron chi connectivity index (χ0n) is 17.4. The van der Waals surface area contributed by atoms with Gasteiger partial charge in [0.25, 0.3) is 0 Å². The lowest BCUT2D eigenvalue weighted by Gasteiger charge is -2.26. The van der Waals surface area contributed by atoms with Gasteiger partial charge in [0.15, 0.2) is 5.78 Å². The summed E-state index contributed by atoms with van der Waals surface area (Å²) >= 11 is 0. The normalized spacial score (nSPS) is 16.8. The summed E-state index contributed by atoms with van der Waals surface area (Å²) in [5.74, 6) is -1.67. The van der Waals surface area contributed by atoms with Gasteiger partial charge in [-0.15, -0.1) is 0 Å². The lowest BCUT2D eigenvalue weighted by Crippen LogP contribution is -2.45. The van der Waals surface area contributed by atoms with Gasteiger partial charge in [0.1, 0.15) is 6.61 Å². The van der Waals surface area contributed by atoms with Gasteiger partial charge in [-0.1, -0.05) is 76.3 Å². The van der Waals surface area contributed by atoms with Crippen LogP contribution in [0.4, 0.5) is 4.79 Å². The van der Waals surface area contributed by atoms with Gasteiger partial charge in [-0.25, -0.2) is 4.79 Å². The minimum Gasteiger partial charge on any atom is -0.481 e.